The van der Waals surface area contributed by atoms with Crippen LogP contribution in [0.3, 0.4) is 0 Å². The van der Waals surface area contributed by atoms with Crippen LogP contribution < -0.4 is 10.6 Å². The molecule has 1 aliphatic heterocycles. The Morgan fingerprint density at radius 1 is 1.12 bits per heavy atom. The summed E-state index contributed by atoms with van der Waals surface area (Å²) < 4.78 is 0. The minimum atomic E-state index is 0.0789. The van der Waals surface area contributed by atoms with Crippen LogP contribution in [0.1, 0.15) is 57.8 Å². The van der Waals surface area contributed by atoms with E-state index < -0.39 is 0 Å². The lowest BCUT2D eigenvalue weighted by atomic mass is 10.0. The lowest BCUT2D eigenvalue weighted by Gasteiger charge is -2.22. The Bertz CT molecular complexity index is 230. The summed E-state index contributed by atoms with van der Waals surface area (Å²) in [6, 6.07) is 0.0789. The predicted molar refractivity (Wildman–Crippen MR) is 69.8 cm³/mol. The summed E-state index contributed by atoms with van der Waals surface area (Å²) in [5.74, 6) is 1.16. The summed E-state index contributed by atoms with van der Waals surface area (Å²) >= 11 is 0. The standard InChI is InChI=1S/C14H26N2O/c17-14(13-9-3-4-10-15-13)16-11-5-8-12-6-1-2-7-12/h12-13,15H,1-11H2,(H,16,17)/t13-/m1/s1. The Balaban J connectivity index is 1.53. The van der Waals surface area contributed by atoms with Gasteiger partial charge >= 0.3 is 0 Å². The molecule has 0 unspecified atom stereocenters. The highest BCUT2D eigenvalue weighted by Crippen LogP contribution is 2.28. The minimum Gasteiger partial charge on any atom is -0.355 e. The minimum absolute atomic E-state index is 0.0789. The van der Waals surface area contributed by atoms with E-state index in [2.05, 4.69) is 10.6 Å². The van der Waals surface area contributed by atoms with Gasteiger partial charge in [0, 0.05) is 6.54 Å². The Morgan fingerprint density at radius 3 is 2.59 bits per heavy atom. The lowest BCUT2D eigenvalue weighted by molar-refractivity contribution is -0.123. The fourth-order valence-electron chi connectivity index (χ4n) is 3.10. The molecule has 1 amide bonds. The van der Waals surface area contributed by atoms with Gasteiger partial charge in [-0.3, -0.25) is 4.79 Å². The number of piperidine rings is 1. The van der Waals surface area contributed by atoms with E-state index in [4.69, 9.17) is 0 Å². The first-order valence-electron chi connectivity index (χ1n) is 7.37. The molecule has 2 fully saturated rings. The van der Waals surface area contributed by atoms with Crippen LogP contribution in [0, 0.1) is 5.92 Å². The van der Waals surface area contributed by atoms with Crippen LogP contribution in [0.5, 0.6) is 0 Å². The third-order valence-corrected chi connectivity index (χ3v) is 4.19. The highest BCUT2D eigenvalue weighted by Gasteiger charge is 2.20. The van der Waals surface area contributed by atoms with Gasteiger partial charge in [-0.15, -0.1) is 0 Å². The smallest absolute Gasteiger partial charge is 0.237 e. The molecule has 17 heavy (non-hydrogen) atoms. The van der Waals surface area contributed by atoms with Gasteiger partial charge in [0.05, 0.1) is 6.04 Å². The van der Waals surface area contributed by atoms with E-state index in [0.717, 1.165) is 31.8 Å². The molecule has 3 nitrogen and oxygen atoms in total. The number of hydrogen-bond donors (Lipinski definition) is 2. The van der Waals surface area contributed by atoms with Crippen molar-refractivity contribution in [3.05, 3.63) is 0 Å². The van der Waals surface area contributed by atoms with Crippen LogP contribution in [0.2, 0.25) is 0 Å². The molecule has 2 rings (SSSR count). The summed E-state index contributed by atoms with van der Waals surface area (Å²) in [4.78, 5) is 11.8. The van der Waals surface area contributed by atoms with E-state index in [1.54, 1.807) is 0 Å². The Hall–Kier alpha value is -0.570. The van der Waals surface area contributed by atoms with Crippen molar-refractivity contribution in [2.75, 3.05) is 13.1 Å². The topological polar surface area (TPSA) is 41.1 Å². The zero-order chi connectivity index (χ0) is 11.9. The molecule has 0 radical (unpaired) electrons. The highest BCUT2D eigenvalue weighted by atomic mass is 16.2. The molecule has 1 heterocycles. The van der Waals surface area contributed by atoms with Gasteiger partial charge in [-0.1, -0.05) is 32.1 Å². The van der Waals surface area contributed by atoms with Crippen molar-refractivity contribution in [2.45, 2.75) is 63.8 Å². The number of carbonyl (C=O) groups excluding carboxylic acids is 1. The summed E-state index contributed by atoms with van der Waals surface area (Å²) in [6.45, 7) is 1.87. The van der Waals surface area contributed by atoms with E-state index in [-0.39, 0.29) is 11.9 Å². The Labute approximate surface area is 105 Å². The molecule has 0 spiro atoms. The van der Waals surface area contributed by atoms with Gasteiger partial charge in [-0.2, -0.15) is 0 Å². The second-order valence-electron chi connectivity index (χ2n) is 5.59. The van der Waals surface area contributed by atoms with Crippen LogP contribution in [-0.4, -0.2) is 25.0 Å². The van der Waals surface area contributed by atoms with Gasteiger partial charge < -0.3 is 10.6 Å². The van der Waals surface area contributed by atoms with Gasteiger partial charge in [0.15, 0.2) is 0 Å². The average molecular weight is 238 g/mol. The molecule has 2 N–H and O–H groups in total. The molecule has 2 aliphatic rings. The Kier molecular flexibility index (Phi) is 5.30. The SMILES string of the molecule is O=C(NCCCC1CCCC1)[C@H]1CCCCN1. The highest BCUT2D eigenvalue weighted by molar-refractivity contribution is 5.81. The van der Waals surface area contributed by atoms with Crippen LogP contribution in [0.25, 0.3) is 0 Å². The van der Waals surface area contributed by atoms with Gasteiger partial charge in [0.25, 0.3) is 0 Å². The van der Waals surface area contributed by atoms with Crippen molar-refractivity contribution in [3.63, 3.8) is 0 Å². The molecule has 0 aromatic rings. The molecule has 98 valence electrons. The van der Waals surface area contributed by atoms with Gasteiger partial charge in [0.2, 0.25) is 5.91 Å². The van der Waals surface area contributed by atoms with Crippen LogP contribution in [-0.2, 0) is 4.79 Å². The molecule has 0 aromatic heterocycles. The van der Waals surface area contributed by atoms with Crippen LogP contribution in [0.4, 0.5) is 0 Å². The maximum atomic E-state index is 11.8. The molecular formula is C14H26N2O. The zero-order valence-corrected chi connectivity index (χ0v) is 10.8. The van der Waals surface area contributed by atoms with Gasteiger partial charge in [-0.25, -0.2) is 0 Å². The first-order valence-corrected chi connectivity index (χ1v) is 7.37. The predicted octanol–water partition coefficient (Wildman–Crippen LogP) is 2.22. The van der Waals surface area contributed by atoms with E-state index in [9.17, 15) is 4.79 Å². The first-order chi connectivity index (χ1) is 8.36. The second-order valence-corrected chi connectivity index (χ2v) is 5.59. The number of nitrogens with one attached hydrogen (secondary N) is 2. The van der Waals surface area contributed by atoms with Gasteiger partial charge in [0.1, 0.15) is 0 Å². The zero-order valence-electron chi connectivity index (χ0n) is 10.8. The fourth-order valence-corrected chi connectivity index (χ4v) is 3.10. The molecule has 1 saturated carbocycles. The summed E-state index contributed by atoms with van der Waals surface area (Å²) in [5.41, 5.74) is 0. The number of hydrogen-bond acceptors (Lipinski definition) is 2. The van der Waals surface area contributed by atoms with E-state index in [1.165, 1.54) is 44.9 Å². The Morgan fingerprint density at radius 2 is 1.88 bits per heavy atom. The van der Waals surface area contributed by atoms with Crippen molar-refractivity contribution in [3.8, 4) is 0 Å². The molecular weight excluding hydrogens is 212 g/mol. The number of rotatable bonds is 5. The molecule has 0 bridgehead atoms. The quantitative estimate of drug-likeness (QED) is 0.721. The summed E-state index contributed by atoms with van der Waals surface area (Å²) in [7, 11) is 0. The maximum absolute atomic E-state index is 11.8. The second kappa shape index (κ2) is 7.00. The molecule has 1 atom stereocenters. The molecule has 1 aliphatic carbocycles. The summed E-state index contributed by atoms with van der Waals surface area (Å²) in [6.07, 6.45) is 11.5. The fraction of sp³-hybridized carbons (Fsp3) is 0.929. The van der Waals surface area contributed by atoms with E-state index >= 15 is 0 Å². The largest absolute Gasteiger partial charge is 0.355 e. The maximum Gasteiger partial charge on any atom is 0.237 e. The number of carbonyl (C=O) groups is 1. The third kappa shape index (κ3) is 4.30. The van der Waals surface area contributed by atoms with Crippen LogP contribution in [0.15, 0.2) is 0 Å². The monoisotopic (exact) mass is 238 g/mol. The van der Waals surface area contributed by atoms with Crippen molar-refractivity contribution in [1.29, 1.82) is 0 Å². The van der Waals surface area contributed by atoms with Gasteiger partial charge in [-0.05, 0) is 38.1 Å². The normalized spacial score (nSPS) is 26.0. The van der Waals surface area contributed by atoms with Crippen LogP contribution >= 0.6 is 0 Å². The molecule has 0 aromatic carbocycles. The van der Waals surface area contributed by atoms with Crippen molar-refractivity contribution < 1.29 is 4.79 Å². The number of amides is 1. The van der Waals surface area contributed by atoms with Crippen molar-refractivity contribution in [2.24, 2.45) is 5.92 Å². The van der Waals surface area contributed by atoms with E-state index in [0.29, 0.717) is 0 Å². The first kappa shape index (κ1) is 12.9. The lowest BCUT2D eigenvalue weighted by Crippen LogP contribution is -2.46. The average Bonchev–Trinajstić information content (AvgIpc) is 2.88. The van der Waals surface area contributed by atoms with Crippen molar-refractivity contribution in [1.82, 2.24) is 10.6 Å². The van der Waals surface area contributed by atoms with Crippen molar-refractivity contribution >= 4 is 5.91 Å². The third-order valence-electron chi connectivity index (χ3n) is 4.19. The molecule has 1 saturated heterocycles. The molecule has 3 heteroatoms. The summed E-state index contributed by atoms with van der Waals surface area (Å²) in [5, 5.41) is 6.36. The van der Waals surface area contributed by atoms with E-state index in [1.807, 2.05) is 0 Å².